The molecule has 8 heteroatoms. The molecule has 0 saturated heterocycles. The molecule has 4 rings (SSSR count). The van der Waals surface area contributed by atoms with Gasteiger partial charge in [-0.3, -0.25) is 4.79 Å². The van der Waals surface area contributed by atoms with Crippen LogP contribution in [0, 0.1) is 5.82 Å². The lowest BCUT2D eigenvalue weighted by molar-refractivity contribution is -0.116. The lowest BCUT2D eigenvalue weighted by Crippen LogP contribution is -2.19. The van der Waals surface area contributed by atoms with Crippen LogP contribution in [0.1, 0.15) is 0 Å². The Kier molecular flexibility index (Phi) is 4.90. The summed E-state index contributed by atoms with van der Waals surface area (Å²) in [5.74, 6) is -0.219. The lowest BCUT2D eigenvalue weighted by Gasteiger charge is -2.08. The molecule has 2 aromatic carbocycles. The zero-order chi connectivity index (χ0) is 19.5. The second-order valence-electron chi connectivity index (χ2n) is 5.98. The van der Waals surface area contributed by atoms with Gasteiger partial charge in [-0.05, 0) is 36.4 Å². The SMILES string of the molecule is O=C(Cn1cccc1-c1nc(-c2cccc(Cl)c2)no1)Nc1ccccc1F. The quantitative estimate of drug-likeness (QED) is 0.533. The summed E-state index contributed by atoms with van der Waals surface area (Å²) in [4.78, 5) is 16.7. The third kappa shape index (κ3) is 3.79. The number of hydrogen-bond acceptors (Lipinski definition) is 4. The molecule has 0 aliphatic carbocycles. The summed E-state index contributed by atoms with van der Waals surface area (Å²) in [5, 5.41) is 7.09. The van der Waals surface area contributed by atoms with Crippen LogP contribution in [0.25, 0.3) is 23.0 Å². The Balaban J connectivity index is 1.53. The Morgan fingerprint density at radius 2 is 2.00 bits per heavy atom. The Morgan fingerprint density at radius 1 is 1.14 bits per heavy atom. The van der Waals surface area contributed by atoms with E-state index in [-0.39, 0.29) is 24.0 Å². The number of nitrogens with one attached hydrogen (secondary N) is 1. The van der Waals surface area contributed by atoms with Gasteiger partial charge in [0.1, 0.15) is 18.1 Å². The van der Waals surface area contributed by atoms with Gasteiger partial charge in [0.2, 0.25) is 11.7 Å². The van der Waals surface area contributed by atoms with Crippen molar-refractivity contribution >= 4 is 23.2 Å². The van der Waals surface area contributed by atoms with Crippen molar-refractivity contribution in [2.75, 3.05) is 5.32 Å². The van der Waals surface area contributed by atoms with Crippen molar-refractivity contribution in [1.29, 1.82) is 0 Å². The topological polar surface area (TPSA) is 73.0 Å². The van der Waals surface area contributed by atoms with Crippen LogP contribution >= 0.6 is 11.6 Å². The van der Waals surface area contributed by atoms with Gasteiger partial charge < -0.3 is 14.4 Å². The highest BCUT2D eigenvalue weighted by atomic mass is 35.5. The van der Waals surface area contributed by atoms with Crippen molar-refractivity contribution < 1.29 is 13.7 Å². The van der Waals surface area contributed by atoms with Crippen molar-refractivity contribution in [2.24, 2.45) is 0 Å². The maximum Gasteiger partial charge on any atom is 0.274 e. The molecule has 1 N–H and O–H groups in total. The Labute approximate surface area is 164 Å². The van der Waals surface area contributed by atoms with E-state index in [1.807, 2.05) is 6.07 Å². The van der Waals surface area contributed by atoms with E-state index in [0.717, 1.165) is 5.56 Å². The molecule has 0 spiro atoms. The van der Waals surface area contributed by atoms with E-state index in [4.69, 9.17) is 16.1 Å². The van der Waals surface area contributed by atoms with Crippen molar-refractivity contribution in [3.8, 4) is 23.0 Å². The van der Waals surface area contributed by atoms with E-state index in [9.17, 15) is 9.18 Å². The van der Waals surface area contributed by atoms with Gasteiger partial charge in [-0.25, -0.2) is 4.39 Å². The summed E-state index contributed by atoms with van der Waals surface area (Å²) in [7, 11) is 0. The Morgan fingerprint density at radius 3 is 2.82 bits per heavy atom. The standard InChI is InChI=1S/C20H14ClFN4O2/c21-14-6-3-5-13(11-14)19-24-20(28-25-19)17-9-4-10-26(17)12-18(27)23-16-8-2-1-7-15(16)22/h1-11H,12H2,(H,23,27). The number of carbonyl (C=O) groups is 1. The summed E-state index contributed by atoms with van der Waals surface area (Å²) in [6, 6.07) is 16.6. The number of nitrogens with zero attached hydrogens (tertiary/aromatic N) is 3. The molecule has 2 heterocycles. The highest BCUT2D eigenvalue weighted by molar-refractivity contribution is 6.30. The minimum absolute atomic E-state index is 0.0362. The first-order valence-corrected chi connectivity index (χ1v) is 8.77. The van der Waals surface area contributed by atoms with E-state index >= 15 is 0 Å². The van der Waals surface area contributed by atoms with Gasteiger partial charge in [-0.2, -0.15) is 4.98 Å². The van der Waals surface area contributed by atoms with Gasteiger partial charge in [0.25, 0.3) is 5.89 Å². The van der Waals surface area contributed by atoms with Crippen LogP contribution in [-0.4, -0.2) is 20.6 Å². The molecule has 0 radical (unpaired) electrons. The fourth-order valence-corrected chi connectivity index (χ4v) is 2.92. The monoisotopic (exact) mass is 396 g/mol. The summed E-state index contributed by atoms with van der Waals surface area (Å²) >= 11 is 6.00. The number of anilines is 1. The lowest BCUT2D eigenvalue weighted by atomic mass is 10.2. The van der Waals surface area contributed by atoms with E-state index in [0.29, 0.717) is 16.5 Å². The summed E-state index contributed by atoms with van der Waals surface area (Å²) in [6.07, 6.45) is 1.71. The highest BCUT2D eigenvalue weighted by Gasteiger charge is 2.16. The Hall–Kier alpha value is -3.45. The maximum atomic E-state index is 13.7. The molecule has 0 bridgehead atoms. The van der Waals surface area contributed by atoms with E-state index in [1.54, 1.807) is 53.2 Å². The molecule has 4 aromatic rings. The highest BCUT2D eigenvalue weighted by Crippen LogP contribution is 2.24. The number of carbonyl (C=O) groups excluding carboxylic acids is 1. The number of amides is 1. The fourth-order valence-electron chi connectivity index (χ4n) is 2.73. The third-order valence-corrected chi connectivity index (χ3v) is 4.25. The summed E-state index contributed by atoms with van der Waals surface area (Å²) in [5.41, 5.74) is 1.42. The molecule has 2 aromatic heterocycles. The number of para-hydroxylation sites is 1. The molecule has 0 fully saturated rings. The molecule has 1 amide bonds. The van der Waals surface area contributed by atoms with Crippen LogP contribution in [0.2, 0.25) is 5.02 Å². The largest absolute Gasteiger partial charge is 0.334 e. The van der Waals surface area contributed by atoms with Crippen molar-refractivity contribution in [1.82, 2.24) is 14.7 Å². The average Bonchev–Trinajstić information content (AvgIpc) is 3.33. The van der Waals surface area contributed by atoms with E-state index < -0.39 is 5.82 Å². The summed E-state index contributed by atoms with van der Waals surface area (Å²) < 4.78 is 20.7. The minimum atomic E-state index is -0.494. The first-order valence-electron chi connectivity index (χ1n) is 8.40. The maximum absolute atomic E-state index is 13.7. The zero-order valence-corrected chi connectivity index (χ0v) is 15.2. The van der Waals surface area contributed by atoms with Crippen LogP contribution in [-0.2, 0) is 11.3 Å². The van der Waals surface area contributed by atoms with Crippen molar-refractivity contribution in [3.05, 3.63) is 77.7 Å². The average molecular weight is 397 g/mol. The molecule has 0 unspecified atom stereocenters. The van der Waals surface area contributed by atoms with Gasteiger partial charge in [0.15, 0.2) is 0 Å². The number of aromatic nitrogens is 3. The summed E-state index contributed by atoms with van der Waals surface area (Å²) in [6.45, 7) is -0.0362. The first-order chi connectivity index (χ1) is 13.6. The molecular weight excluding hydrogens is 383 g/mol. The number of rotatable bonds is 5. The van der Waals surface area contributed by atoms with E-state index in [2.05, 4.69) is 15.5 Å². The molecular formula is C20H14ClFN4O2. The van der Waals surface area contributed by atoms with Gasteiger partial charge in [0.05, 0.1) is 5.69 Å². The molecule has 140 valence electrons. The molecule has 0 aliphatic rings. The van der Waals surface area contributed by atoms with Crippen LogP contribution in [0.3, 0.4) is 0 Å². The number of hydrogen-bond donors (Lipinski definition) is 1. The van der Waals surface area contributed by atoms with Crippen LogP contribution in [0.5, 0.6) is 0 Å². The zero-order valence-electron chi connectivity index (χ0n) is 14.5. The predicted octanol–water partition coefficient (Wildman–Crippen LogP) is 4.64. The Bertz CT molecular complexity index is 1140. The van der Waals surface area contributed by atoms with Gasteiger partial charge in [-0.1, -0.05) is 41.0 Å². The number of benzene rings is 2. The minimum Gasteiger partial charge on any atom is -0.334 e. The van der Waals surface area contributed by atoms with Gasteiger partial charge >= 0.3 is 0 Å². The van der Waals surface area contributed by atoms with Gasteiger partial charge in [0, 0.05) is 16.8 Å². The van der Waals surface area contributed by atoms with Crippen LogP contribution in [0.15, 0.2) is 71.4 Å². The molecule has 0 saturated carbocycles. The molecule has 6 nitrogen and oxygen atoms in total. The second-order valence-corrected chi connectivity index (χ2v) is 6.42. The third-order valence-electron chi connectivity index (χ3n) is 4.02. The van der Waals surface area contributed by atoms with Crippen LogP contribution < -0.4 is 5.32 Å². The van der Waals surface area contributed by atoms with Crippen molar-refractivity contribution in [3.63, 3.8) is 0 Å². The molecule has 0 aliphatic heterocycles. The van der Waals surface area contributed by atoms with Crippen LogP contribution in [0.4, 0.5) is 10.1 Å². The predicted molar refractivity (Wildman–Crippen MR) is 103 cm³/mol. The smallest absolute Gasteiger partial charge is 0.274 e. The van der Waals surface area contributed by atoms with E-state index in [1.165, 1.54) is 12.1 Å². The second kappa shape index (κ2) is 7.66. The normalized spacial score (nSPS) is 10.8. The van der Waals surface area contributed by atoms with Gasteiger partial charge in [-0.15, -0.1) is 0 Å². The molecule has 28 heavy (non-hydrogen) atoms. The fraction of sp³-hybridized carbons (Fsp3) is 0.0500. The first kappa shape index (κ1) is 17.9. The number of halogens is 2. The molecule has 0 atom stereocenters. The van der Waals surface area contributed by atoms with Crippen molar-refractivity contribution in [2.45, 2.75) is 6.54 Å².